The van der Waals surface area contributed by atoms with Crippen molar-refractivity contribution in [3.63, 3.8) is 0 Å². The molecule has 0 bridgehead atoms. The summed E-state index contributed by atoms with van der Waals surface area (Å²) in [6.45, 7) is 3.87. The maximum absolute atomic E-state index is 7.69. The summed E-state index contributed by atoms with van der Waals surface area (Å²) < 4.78 is 5.41. The number of nitrogen functional groups attached to an aromatic ring is 1. The fraction of sp³-hybridized carbons (Fsp3) is 0.462. The number of likely N-dealkylation sites (N-methyl/N-ethyl adjacent to an activating group) is 1. The molecule has 0 radical (unpaired) electrons. The number of rotatable bonds is 3. The van der Waals surface area contributed by atoms with Gasteiger partial charge in [0, 0.05) is 31.7 Å². The summed E-state index contributed by atoms with van der Waals surface area (Å²) in [5.74, 6) is 0.870. The molecule has 0 unspecified atom stereocenters. The number of piperazine rings is 1. The van der Waals surface area contributed by atoms with E-state index in [1.54, 1.807) is 7.11 Å². The van der Waals surface area contributed by atoms with Gasteiger partial charge in [0.2, 0.25) is 0 Å². The van der Waals surface area contributed by atoms with Gasteiger partial charge in [0.05, 0.1) is 12.8 Å². The van der Waals surface area contributed by atoms with Gasteiger partial charge in [-0.15, -0.1) is 12.4 Å². The molecule has 0 aromatic heterocycles. The molecule has 1 heterocycles. The third-order valence-electron chi connectivity index (χ3n) is 3.33. The Balaban J connectivity index is 0.00000180. The number of methoxy groups -OCH3 is 1. The lowest BCUT2D eigenvalue weighted by Gasteiger charge is -2.35. The summed E-state index contributed by atoms with van der Waals surface area (Å²) in [7, 11) is 3.77. The van der Waals surface area contributed by atoms with Crippen LogP contribution in [0.1, 0.15) is 5.56 Å². The van der Waals surface area contributed by atoms with Gasteiger partial charge in [-0.3, -0.25) is 5.41 Å². The van der Waals surface area contributed by atoms with Crippen molar-refractivity contribution in [2.45, 2.75) is 0 Å². The third-order valence-corrected chi connectivity index (χ3v) is 3.33. The second-order valence-electron chi connectivity index (χ2n) is 4.56. The summed E-state index contributed by atoms with van der Waals surface area (Å²) in [5, 5.41) is 7.69. The number of hydrogen-bond acceptors (Lipinski definition) is 4. The van der Waals surface area contributed by atoms with E-state index in [2.05, 4.69) is 16.8 Å². The molecule has 0 aliphatic carbocycles. The summed E-state index contributed by atoms with van der Waals surface area (Å²) in [4.78, 5) is 4.54. The molecule has 1 aliphatic rings. The average molecular weight is 285 g/mol. The molecule has 1 saturated heterocycles. The Morgan fingerprint density at radius 3 is 2.42 bits per heavy atom. The number of nitrogens with two attached hydrogens (primary N) is 1. The van der Waals surface area contributed by atoms with Crippen molar-refractivity contribution in [1.29, 1.82) is 5.41 Å². The molecule has 2 rings (SSSR count). The molecule has 1 fully saturated rings. The predicted molar refractivity (Wildman–Crippen MR) is 81.0 cm³/mol. The molecule has 3 N–H and O–H groups in total. The van der Waals surface area contributed by atoms with E-state index in [1.165, 1.54) is 0 Å². The SMILES string of the molecule is COc1cccc(C(=N)N)c1N1CCN(C)CC1.Cl. The first-order valence-corrected chi connectivity index (χ1v) is 6.08. The van der Waals surface area contributed by atoms with E-state index in [9.17, 15) is 0 Å². The Hall–Kier alpha value is -1.46. The van der Waals surface area contributed by atoms with E-state index in [-0.39, 0.29) is 18.2 Å². The van der Waals surface area contributed by atoms with E-state index in [0.717, 1.165) is 43.2 Å². The average Bonchev–Trinajstić information content (AvgIpc) is 2.38. The molecule has 1 aromatic rings. The zero-order valence-corrected chi connectivity index (χ0v) is 12.2. The highest BCUT2D eigenvalue weighted by molar-refractivity contribution is 6.01. The fourth-order valence-electron chi connectivity index (χ4n) is 2.26. The molecule has 1 aromatic carbocycles. The standard InChI is InChI=1S/C13H20N4O.ClH/c1-16-6-8-17(9-7-16)12-10(13(14)15)4-3-5-11(12)18-2;/h3-5H,6-9H2,1-2H3,(H3,14,15);1H. The quantitative estimate of drug-likeness (QED) is 0.646. The van der Waals surface area contributed by atoms with Crippen LogP contribution in [0.25, 0.3) is 0 Å². The van der Waals surface area contributed by atoms with Gasteiger partial charge >= 0.3 is 0 Å². The van der Waals surface area contributed by atoms with Crippen LogP contribution in [-0.2, 0) is 0 Å². The second-order valence-corrected chi connectivity index (χ2v) is 4.56. The van der Waals surface area contributed by atoms with Gasteiger partial charge in [-0.25, -0.2) is 0 Å². The Labute approximate surface area is 120 Å². The van der Waals surface area contributed by atoms with Gasteiger partial charge in [0.15, 0.2) is 0 Å². The van der Waals surface area contributed by atoms with Crippen LogP contribution in [0.5, 0.6) is 5.75 Å². The van der Waals surface area contributed by atoms with Crippen LogP contribution < -0.4 is 15.4 Å². The smallest absolute Gasteiger partial charge is 0.142 e. The van der Waals surface area contributed by atoms with Gasteiger partial charge in [-0.05, 0) is 19.2 Å². The van der Waals surface area contributed by atoms with E-state index in [4.69, 9.17) is 15.9 Å². The monoisotopic (exact) mass is 284 g/mol. The Bertz CT molecular complexity index is 444. The van der Waals surface area contributed by atoms with Crippen molar-refractivity contribution in [1.82, 2.24) is 4.90 Å². The largest absolute Gasteiger partial charge is 0.495 e. The molecule has 1 aliphatic heterocycles. The first kappa shape index (κ1) is 15.6. The Kier molecular flexibility index (Phi) is 5.44. The molecule has 19 heavy (non-hydrogen) atoms. The molecule has 0 saturated carbocycles. The number of halogens is 1. The number of nitrogens with one attached hydrogen (secondary N) is 1. The number of hydrogen-bond donors (Lipinski definition) is 2. The van der Waals surface area contributed by atoms with E-state index >= 15 is 0 Å². The zero-order chi connectivity index (χ0) is 13.1. The minimum absolute atomic E-state index is 0. The summed E-state index contributed by atoms with van der Waals surface area (Å²) in [6, 6.07) is 5.66. The molecule has 0 atom stereocenters. The second kappa shape index (κ2) is 6.63. The lowest BCUT2D eigenvalue weighted by molar-refractivity contribution is 0.311. The van der Waals surface area contributed by atoms with Crippen LogP contribution in [0.2, 0.25) is 0 Å². The summed E-state index contributed by atoms with van der Waals surface area (Å²) >= 11 is 0. The summed E-state index contributed by atoms with van der Waals surface area (Å²) in [6.07, 6.45) is 0. The highest BCUT2D eigenvalue weighted by Gasteiger charge is 2.21. The number of ether oxygens (including phenoxy) is 1. The normalized spacial score (nSPS) is 15.8. The van der Waals surface area contributed by atoms with E-state index in [1.807, 2.05) is 18.2 Å². The molecular weight excluding hydrogens is 264 g/mol. The Morgan fingerprint density at radius 1 is 1.26 bits per heavy atom. The first-order valence-electron chi connectivity index (χ1n) is 6.08. The van der Waals surface area contributed by atoms with E-state index < -0.39 is 0 Å². The zero-order valence-electron chi connectivity index (χ0n) is 11.3. The van der Waals surface area contributed by atoms with Crippen molar-refractivity contribution >= 4 is 23.9 Å². The van der Waals surface area contributed by atoms with Crippen LogP contribution in [-0.4, -0.2) is 51.1 Å². The molecule has 0 spiro atoms. The van der Waals surface area contributed by atoms with Crippen molar-refractivity contribution in [2.75, 3.05) is 45.2 Å². The number of amidine groups is 1. The minimum Gasteiger partial charge on any atom is -0.495 e. The lowest BCUT2D eigenvalue weighted by atomic mass is 10.1. The molecular formula is C13H21ClN4O. The number of anilines is 1. The van der Waals surface area contributed by atoms with Crippen LogP contribution in [0, 0.1) is 5.41 Å². The van der Waals surface area contributed by atoms with Crippen LogP contribution in [0.15, 0.2) is 18.2 Å². The van der Waals surface area contributed by atoms with Gasteiger partial charge in [0.1, 0.15) is 11.6 Å². The molecule has 6 heteroatoms. The number of benzene rings is 1. The fourth-order valence-corrected chi connectivity index (χ4v) is 2.26. The van der Waals surface area contributed by atoms with Crippen molar-refractivity contribution in [3.8, 4) is 5.75 Å². The van der Waals surface area contributed by atoms with Gasteiger partial charge in [-0.2, -0.15) is 0 Å². The van der Waals surface area contributed by atoms with Crippen LogP contribution in [0.4, 0.5) is 5.69 Å². The van der Waals surface area contributed by atoms with Gasteiger partial charge in [0.25, 0.3) is 0 Å². The predicted octanol–water partition coefficient (Wildman–Crippen LogP) is 1.15. The highest BCUT2D eigenvalue weighted by atomic mass is 35.5. The molecule has 5 nitrogen and oxygen atoms in total. The lowest BCUT2D eigenvalue weighted by Crippen LogP contribution is -2.45. The van der Waals surface area contributed by atoms with Crippen molar-refractivity contribution in [2.24, 2.45) is 5.73 Å². The highest BCUT2D eigenvalue weighted by Crippen LogP contribution is 2.32. The maximum Gasteiger partial charge on any atom is 0.142 e. The first-order chi connectivity index (χ1) is 8.63. The van der Waals surface area contributed by atoms with E-state index in [0.29, 0.717) is 0 Å². The van der Waals surface area contributed by atoms with Crippen molar-refractivity contribution < 1.29 is 4.74 Å². The summed E-state index contributed by atoms with van der Waals surface area (Å²) in [5.41, 5.74) is 7.36. The third kappa shape index (κ3) is 3.30. The van der Waals surface area contributed by atoms with Crippen LogP contribution >= 0.6 is 12.4 Å². The topological polar surface area (TPSA) is 65.6 Å². The number of nitrogens with zero attached hydrogens (tertiary/aromatic N) is 2. The van der Waals surface area contributed by atoms with Gasteiger partial charge < -0.3 is 20.3 Å². The number of para-hydroxylation sites is 1. The van der Waals surface area contributed by atoms with Crippen LogP contribution in [0.3, 0.4) is 0 Å². The molecule has 0 amide bonds. The Morgan fingerprint density at radius 2 is 1.89 bits per heavy atom. The minimum atomic E-state index is 0. The maximum atomic E-state index is 7.69. The molecule has 106 valence electrons. The van der Waals surface area contributed by atoms with Crippen molar-refractivity contribution in [3.05, 3.63) is 23.8 Å². The van der Waals surface area contributed by atoms with Gasteiger partial charge in [-0.1, -0.05) is 6.07 Å².